The molecular weight excluding hydrogens is 352 g/mol. The van der Waals surface area contributed by atoms with Crippen molar-refractivity contribution in [2.75, 3.05) is 19.5 Å². The topological polar surface area (TPSA) is 78.8 Å². The van der Waals surface area contributed by atoms with Gasteiger partial charge in [-0.25, -0.2) is 4.79 Å². The molecule has 0 aromatic heterocycles. The molecule has 0 saturated carbocycles. The Bertz CT molecular complexity index is 682. The van der Waals surface area contributed by atoms with Crippen molar-refractivity contribution in [3.63, 3.8) is 0 Å². The summed E-state index contributed by atoms with van der Waals surface area (Å²) in [6, 6.07) is 15.1. The summed E-state index contributed by atoms with van der Waals surface area (Å²) in [5.41, 5.74) is 2.01. The summed E-state index contributed by atoms with van der Waals surface area (Å²) in [4.78, 5) is 11.9. The Hall–Kier alpha value is -2.02. The van der Waals surface area contributed by atoms with Gasteiger partial charge in [0.25, 0.3) is 0 Å². The van der Waals surface area contributed by atoms with Gasteiger partial charge in [-0.3, -0.25) is 0 Å². The molecule has 2 atom stereocenters. The number of carbonyl (C=O) groups is 1. The van der Waals surface area contributed by atoms with Crippen LogP contribution in [0.4, 0.5) is 0 Å². The quantitative estimate of drug-likeness (QED) is 0.645. The van der Waals surface area contributed by atoms with Gasteiger partial charge in [-0.2, -0.15) is 0 Å². The third kappa shape index (κ3) is 6.37. The summed E-state index contributed by atoms with van der Waals surface area (Å²) in [5.74, 6) is -0.214. The number of carboxylic acid groups (broad SMARTS) is 1. The average Bonchev–Trinajstić information content (AvgIpc) is 2.63. The third-order valence-electron chi connectivity index (χ3n) is 3.90. The van der Waals surface area contributed by atoms with Crippen LogP contribution in [0.2, 0.25) is 0 Å². The highest BCUT2D eigenvalue weighted by Crippen LogP contribution is 2.16. The van der Waals surface area contributed by atoms with Crippen molar-refractivity contribution < 1.29 is 23.9 Å². The van der Waals surface area contributed by atoms with Crippen molar-refractivity contribution in [3.05, 3.63) is 59.7 Å². The Morgan fingerprint density at radius 2 is 1.73 bits per heavy atom. The SMILES string of the molecule is CCO[C@@H](Cc1ccc(OCCc2ccc([S+](C)[O-])cc2)cc1)C(=O)O. The van der Waals surface area contributed by atoms with Gasteiger partial charge in [-0.1, -0.05) is 24.3 Å². The number of hydrogen-bond donors (Lipinski definition) is 1. The van der Waals surface area contributed by atoms with Gasteiger partial charge in [0.2, 0.25) is 0 Å². The first kappa shape index (κ1) is 20.3. The number of hydrogen-bond acceptors (Lipinski definition) is 4. The maximum atomic E-state index is 11.4. The van der Waals surface area contributed by atoms with Gasteiger partial charge in [-0.05, 0) is 53.5 Å². The molecular formula is C20H24O5S. The molecule has 0 fully saturated rings. The number of aliphatic carboxylic acids is 1. The van der Waals surface area contributed by atoms with Crippen molar-refractivity contribution in [3.8, 4) is 5.75 Å². The van der Waals surface area contributed by atoms with Crippen LogP contribution in [0.15, 0.2) is 53.4 Å². The minimum atomic E-state index is -0.961. The largest absolute Gasteiger partial charge is 0.612 e. The van der Waals surface area contributed by atoms with E-state index in [1.165, 1.54) is 0 Å². The Balaban J connectivity index is 1.82. The molecule has 0 aliphatic carbocycles. The Labute approximate surface area is 157 Å². The molecule has 26 heavy (non-hydrogen) atoms. The molecule has 0 aliphatic rings. The lowest BCUT2D eigenvalue weighted by atomic mass is 10.1. The zero-order chi connectivity index (χ0) is 18.9. The van der Waals surface area contributed by atoms with E-state index in [-0.39, 0.29) is 0 Å². The fourth-order valence-electron chi connectivity index (χ4n) is 2.49. The van der Waals surface area contributed by atoms with Crippen LogP contribution >= 0.6 is 0 Å². The minimum Gasteiger partial charge on any atom is -0.612 e. The van der Waals surface area contributed by atoms with E-state index in [0.29, 0.717) is 19.6 Å². The van der Waals surface area contributed by atoms with Crippen LogP contribution in [0.3, 0.4) is 0 Å². The van der Waals surface area contributed by atoms with E-state index in [2.05, 4.69) is 0 Å². The Kier molecular flexibility index (Phi) is 7.97. The molecule has 2 aromatic rings. The molecule has 5 nitrogen and oxygen atoms in total. The van der Waals surface area contributed by atoms with E-state index in [1.54, 1.807) is 13.2 Å². The van der Waals surface area contributed by atoms with Gasteiger partial charge >= 0.3 is 5.97 Å². The molecule has 0 bridgehead atoms. The predicted molar refractivity (Wildman–Crippen MR) is 101 cm³/mol. The van der Waals surface area contributed by atoms with Gasteiger partial charge in [0.15, 0.2) is 11.0 Å². The summed E-state index contributed by atoms with van der Waals surface area (Å²) in [6.07, 6.45) is 1.92. The highest BCUT2D eigenvalue weighted by Gasteiger charge is 2.17. The highest BCUT2D eigenvalue weighted by atomic mass is 32.2. The Morgan fingerprint density at radius 1 is 1.12 bits per heavy atom. The highest BCUT2D eigenvalue weighted by molar-refractivity contribution is 7.90. The van der Waals surface area contributed by atoms with Crippen LogP contribution in [0.1, 0.15) is 18.1 Å². The number of ether oxygens (including phenoxy) is 2. The molecule has 2 aromatic carbocycles. The first-order valence-corrected chi connectivity index (χ1v) is 10.0. The molecule has 0 amide bonds. The second kappa shape index (κ2) is 10.2. The molecule has 0 spiro atoms. The lowest BCUT2D eigenvalue weighted by Crippen LogP contribution is -2.26. The van der Waals surface area contributed by atoms with E-state index in [1.807, 2.05) is 48.5 Å². The van der Waals surface area contributed by atoms with Crippen LogP contribution in [0, 0.1) is 0 Å². The average molecular weight is 376 g/mol. The first-order chi connectivity index (χ1) is 12.5. The van der Waals surface area contributed by atoms with E-state index in [9.17, 15) is 9.35 Å². The van der Waals surface area contributed by atoms with Crippen LogP contribution < -0.4 is 4.74 Å². The van der Waals surface area contributed by atoms with Crippen LogP contribution in [0.5, 0.6) is 5.75 Å². The molecule has 6 heteroatoms. The molecule has 1 N–H and O–H groups in total. The van der Waals surface area contributed by atoms with Crippen LogP contribution in [-0.2, 0) is 33.5 Å². The van der Waals surface area contributed by atoms with Gasteiger partial charge in [0.1, 0.15) is 12.0 Å². The van der Waals surface area contributed by atoms with E-state index >= 15 is 0 Å². The normalized spacial score (nSPS) is 13.2. The number of carboxylic acids is 1. The fraction of sp³-hybridized carbons (Fsp3) is 0.350. The predicted octanol–water partition coefficient (Wildman–Crippen LogP) is 3.08. The standard InChI is InChI=1S/C20H24O5S/c1-3-24-19(20(21)22)14-16-4-8-17(9-5-16)25-13-12-15-6-10-18(11-7-15)26(2)23/h4-11,19H,3,12-14H2,1-2H3,(H,21,22)/t19-,26?/m0/s1. The van der Waals surface area contributed by atoms with Gasteiger partial charge in [0, 0.05) is 19.4 Å². The van der Waals surface area contributed by atoms with Gasteiger partial charge < -0.3 is 19.1 Å². The zero-order valence-corrected chi connectivity index (χ0v) is 15.8. The molecule has 1 unspecified atom stereocenters. The smallest absolute Gasteiger partial charge is 0.333 e. The van der Waals surface area contributed by atoms with E-state index in [4.69, 9.17) is 14.6 Å². The van der Waals surface area contributed by atoms with Crippen molar-refractivity contribution in [1.82, 2.24) is 0 Å². The molecule has 0 aliphatic heterocycles. The summed E-state index contributed by atoms with van der Waals surface area (Å²) >= 11 is -0.961. The van der Waals surface area contributed by atoms with Crippen molar-refractivity contribution in [2.24, 2.45) is 0 Å². The molecule has 0 saturated heterocycles. The van der Waals surface area contributed by atoms with Gasteiger partial charge in [-0.15, -0.1) is 0 Å². The van der Waals surface area contributed by atoms with Gasteiger partial charge in [0.05, 0.1) is 6.61 Å². The Morgan fingerprint density at radius 3 is 2.27 bits per heavy atom. The molecule has 2 rings (SSSR count). The first-order valence-electron chi connectivity index (χ1n) is 8.48. The fourth-order valence-corrected chi connectivity index (χ4v) is 3.01. The monoisotopic (exact) mass is 376 g/mol. The van der Waals surface area contributed by atoms with Crippen LogP contribution in [-0.4, -0.2) is 41.2 Å². The summed E-state index contributed by atoms with van der Waals surface area (Å²) in [6.45, 7) is 2.68. The number of rotatable bonds is 10. The maximum absolute atomic E-state index is 11.4. The summed E-state index contributed by atoms with van der Waals surface area (Å²) in [7, 11) is 0. The summed E-state index contributed by atoms with van der Waals surface area (Å²) in [5, 5.41) is 9.13. The molecule has 0 heterocycles. The second-order valence-corrected chi connectivity index (χ2v) is 7.21. The van der Waals surface area contributed by atoms with Crippen molar-refractivity contribution >= 4 is 17.1 Å². The molecule has 140 valence electrons. The van der Waals surface area contributed by atoms with Crippen molar-refractivity contribution in [2.45, 2.75) is 30.8 Å². The lowest BCUT2D eigenvalue weighted by molar-refractivity contribution is -0.149. The lowest BCUT2D eigenvalue weighted by Gasteiger charge is -2.13. The zero-order valence-electron chi connectivity index (χ0n) is 15.0. The molecule has 0 radical (unpaired) electrons. The minimum absolute atomic E-state index is 0.328. The van der Waals surface area contributed by atoms with Crippen molar-refractivity contribution in [1.29, 1.82) is 0 Å². The number of benzene rings is 2. The second-order valence-electron chi connectivity index (χ2n) is 5.83. The van der Waals surface area contributed by atoms with Crippen LogP contribution in [0.25, 0.3) is 0 Å². The van der Waals surface area contributed by atoms with E-state index < -0.39 is 23.2 Å². The third-order valence-corrected chi connectivity index (χ3v) is 4.84. The van der Waals surface area contributed by atoms with E-state index in [0.717, 1.165) is 28.2 Å². The maximum Gasteiger partial charge on any atom is 0.333 e. The summed E-state index contributed by atoms with van der Waals surface area (Å²) < 4.78 is 22.3.